The van der Waals surface area contributed by atoms with Crippen LogP contribution >= 0.6 is 0 Å². The smallest absolute Gasteiger partial charge is 0.340 e. The van der Waals surface area contributed by atoms with Crippen LogP contribution in [-0.4, -0.2) is 58.8 Å². The summed E-state index contributed by atoms with van der Waals surface area (Å²) in [6.45, 7) is 17.7. The van der Waals surface area contributed by atoms with Gasteiger partial charge in [-0.25, -0.2) is 4.79 Å². The minimum Gasteiger partial charge on any atom is -0.461 e. The van der Waals surface area contributed by atoms with Gasteiger partial charge in [-0.05, 0) is 59.8 Å². The third-order valence-electron chi connectivity index (χ3n) is 5.22. The normalized spacial score (nSPS) is 24.3. The molecule has 0 aliphatic carbocycles. The van der Waals surface area contributed by atoms with Crippen LogP contribution in [0.2, 0.25) is 0 Å². The Labute approximate surface area is 170 Å². The fraction of sp³-hybridized carbons (Fsp3) is 0.818. The van der Waals surface area contributed by atoms with Gasteiger partial charge in [-0.15, -0.1) is 0 Å². The SMILES string of the molecule is CC1=NC(O)CC(N2CCC(C)(C)CC2)=C1[C@H](OC(C)(C)C)C(=O)OC(C)C. The number of hydrogen-bond donors (Lipinski definition) is 1. The lowest BCUT2D eigenvalue weighted by molar-refractivity contribution is -0.165. The van der Waals surface area contributed by atoms with Gasteiger partial charge < -0.3 is 19.5 Å². The zero-order valence-electron chi connectivity index (χ0n) is 18.8. The van der Waals surface area contributed by atoms with Gasteiger partial charge >= 0.3 is 5.97 Å². The molecule has 1 unspecified atom stereocenters. The number of carbonyl (C=O) groups excluding carboxylic acids is 1. The molecule has 1 saturated heterocycles. The molecule has 0 amide bonds. The van der Waals surface area contributed by atoms with E-state index in [0.717, 1.165) is 37.2 Å². The Morgan fingerprint density at radius 1 is 1.25 bits per heavy atom. The standard InChI is InChI=1S/C22H38N2O4/c1-14(2)27-20(26)19(28-21(4,5)6)18-15(3)23-17(25)13-16(18)24-11-9-22(7,8)10-12-24/h14,17,19,25H,9-13H2,1-8H3/t17?,19-/m0/s1. The number of dihydropyridines is 1. The molecule has 1 fully saturated rings. The highest BCUT2D eigenvalue weighted by Gasteiger charge is 2.38. The summed E-state index contributed by atoms with van der Waals surface area (Å²) < 4.78 is 11.7. The molecule has 0 bridgehead atoms. The Balaban J connectivity index is 2.46. The first-order chi connectivity index (χ1) is 12.8. The summed E-state index contributed by atoms with van der Waals surface area (Å²) in [5.41, 5.74) is 2.15. The number of aliphatic imine (C=N–C) groups is 1. The molecular formula is C22H38N2O4. The van der Waals surface area contributed by atoms with Gasteiger partial charge in [-0.2, -0.15) is 0 Å². The van der Waals surface area contributed by atoms with E-state index in [1.165, 1.54) is 0 Å². The van der Waals surface area contributed by atoms with Gasteiger partial charge in [0.05, 0.1) is 11.7 Å². The maximum absolute atomic E-state index is 13.0. The van der Waals surface area contributed by atoms with E-state index < -0.39 is 23.9 Å². The van der Waals surface area contributed by atoms with E-state index in [9.17, 15) is 9.90 Å². The lowest BCUT2D eigenvalue weighted by Gasteiger charge is -2.42. The van der Waals surface area contributed by atoms with Crippen molar-refractivity contribution in [3.05, 3.63) is 11.3 Å². The number of hydrogen-bond acceptors (Lipinski definition) is 6. The first kappa shape index (κ1) is 22.9. The van der Waals surface area contributed by atoms with Crippen molar-refractivity contribution in [3.63, 3.8) is 0 Å². The maximum Gasteiger partial charge on any atom is 0.340 e. The van der Waals surface area contributed by atoms with Gasteiger partial charge in [0.15, 0.2) is 12.3 Å². The first-order valence-electron chi connectivity index (χ1n) is 10.4. The summed E-state index contributed by atoms with van der Waals surface area (Å²) in [6, 6.07) is 0. The summed E-state index contributed by atoms with van der Waals surface area (Å²) in [6.07, 6.45) is 0.652. The lowest BCUT2D eigenvalue weighted by atomic mass is 9.82. The molecule has 28 heavy (non-hydrogen) atoms. The van der Waals surface area contributed by atoms with Gasteiger partial charge in [0.2, 0.25) is 0 Å². The average Bonchev–Trinajstić information content (AvgIpc) is 2.51. The minimum absolute atomic E-state index is 0.232. The number of piperidine rings is 1. The number of esters is 1. The maximum atomic E-state index is 13.0. The Morgan fingerprint density at radius 2 is 1.82 bits per heavy atom. The van der Waals surface area contributed by atoms with Crippen LogP contribution in [0.25, 0.3) is 0 Å². The van der Waals surface area contributed by atoms with Gasteiger partial charge in [0.25, 0.3) is 0 Å². The van der Waals surface area contributed by atoms with Crippen molar-refractivity contribution in [2.24, 2.45) is 10.4 Å². The second-order valence-electron chi connectivity index (χ2n) is 10.0. The van der Waals surface area contributed by atoms with Crippen LogP contribution in [0.5, 0.6) is 0 Å². The molecule has 6 heteroatoms. The second-order valence-corrected chi connectivity index (χ2v) is 10.0. The van der Waals surface area contributed by atoms with E-state index in [1.54, 1.807) is 0 Å². The predicted molar refractivity (Wildman–Crippen MR) is 111 cm³/mol. The lowest BCUT2D eigenvalue weighted by Crippen LogP contribution is -2.44. The Hall–Kier alpha value is -1.40. The molecule has 0 radical (unpaired) electrons. The highest BCUT2D eigenvalue weighted by atomic mass is 16.6. The number of rotatable bonds is 5. The van der Waals surface area contributed by atoms with Gasteiger partial charge in [-0.3, -0.25) is 4.99 Å². The molecule has 2 rings (SSSR count). The number of aliphatic hydroxyl groups excluding tert-OH is 1. The summed E-state index contributed by atoms with van der Waals surface area (Å²) in [5, 5.41) is 10.3. The molecule has 2 aliphatic rings. The second kappa shape index (κ2) is 8.54. The number of ether oxygens (including phenoxy) is 2. The Morgan fingerprint density at radius 3 is 2.32 bits per heavy atom. The predicted octanol–water partition coefficient (Wildman–Crippen LogP) is 3.68. The molecule has 0 saturated carbocycles. The molecule has 1 N–H and O–H groups in total. The topological polar surface area (TPSA) is 71.4 Å². The molecule has 0 aromatic carbocycles. The van der Waals surface area contributed by atoms with Crippen LogP contribution in [0.15, 0.2) is 16.3 Å². The molecule has 2 heterocycles. The highest BCUT2D eigenvalue weighted by molar-refractivity contribution is 6.05. The third kappa shape index (κ3) is 6.05. The van der Waals surface area contributed by atoms with E-state index in [1.807, 2.05) is 41.5 Å². The van der Waals surface area contributed by atoms with Crippen LogP contribution in [-0.2, 0) is 14.3 Å². The number of nitrogens with zero attached hydrogens (tertiary/aromatic N) is 2. The molecule has 2 atom stereocenters. The molecule has 2 aliphatic heterocycles. The van der Waals surface area contributed by atoms with Crippen molar-refractivity contribution < 1.29 is 19.4 Å². The zero-order valence-corrected chi connectivity index (χ0v) is 18.8. The van der Waals surface area contributed by atoms with Crippen LogP contribution < -0.4 is 0 Å². The third-order valence-corrected chi connectivity index (χ3v) is 5.22. The number of aliphatic hydroxyl groups is 1. The molecular weight excluding hydrogens is 356 g/mol. The van der Waals surface area contributed by atoms with Crippen LogP contribution in [0.4, 0.5) is 0 Å². The van der Waals surface area contributed by atoms with Crippen molar-refractivity contribution in [1.29, 1.82) is 0 Å². The van der Waals surface area contributed by atoms with Crippen LogP contribution in [0.1, 0.15) is 74.7 Å². The highest BCUT2D eigenvalue weighted by Crippen LogP contribution is 2.36. The van der Waals surface area contributed by atoms with Gasteiger partial charge in [0.1, 0.15) is 0 Å². The Kier molecular flexibility index (Phi) is 6.98. The summed E-state index contributed by atoms with van der Waals surface area (Å²) in [4.78, 5) is 19.6. The Bertz CT molecular complexity index is 633. The van der Waals surface area contributed by atoms with E-state index in [4.69, 9.17) is 9.47 Å². The summed E-state index contributed by atoms with van der Waals surface area (Å²) >= 11 is 0. The summed E-state index contributed by atoms with van der Waals surface area (Å²) in [7, 11) is 0. The fourth-order valence-electron chi connectivity index (χ4n) is 3.73. The number of carbonyl (C=O) groups is 1. The zero-order chi connectivity index (χ0) is 21.3. The van der Waals surface area contributed by atoms with Crippen LogP contribution in [0.3, 0.4) is 0 Å². The van der Waals surface area contributed by atoms with E-state index in [-0.39, 0.29) is 6.10 Å². The molecule has 6 nitrogen and oxygen atoms in total. The summed E-state index contributed by atoms with van der Waals surface area (Å²) in [5.74, 6) is -0.402. The molecule has 0 spiro atoms. The van der Waals surface area contributed by atoms with Gasteiger partial charge in [-0.1, -0.05) is 13.8 Å². The average molecular weight is 395 g/mol. The van der Waals surface area contributed by atoms with Crippen molar-refractivity contribution in [3.8, 4) is 0 Å². The van der Waals surface area contributed by atoms with E-state index >= 15 is 0 Å². The van der Waals surface area contributed by atoms with Crippen molar-refractivity contribution in [2.75, 3.05) is 13.1 Å². The first-order valence-corrected chi connectivity index (χ1v) is 10.4. The number of likely N-dealkylation sites (tertiary alicyclic amines) is 1. The molecule has 160 valence electrons. The van der Waals surface area contributed by atoms with Crippen molar-refractivity contribution >= 4 is 11.7 Å². The van der Waals surface area contributed by atoms with Gasteiger partial charge in [0, 0.05) is 36.5 Å². The fourth-order valence-corrected chi connectivity index (χ4v) is 3.73. The quantitative estimate of drug-likeness (QED) is 0.720. The van der Waals surface area contributed by atoms with E-state index in [0.29, 0.717) is 17.5 Å². The monoisotopic (exact) mass is 394 g/mol. The molecule has 0 aromatic heterocycles. The minimum atomic E-state index is -0.858. The van der Waals surface area contributed by atoms with E-state index in [2.05, 4.69) is 23.7 Å². The molecule has 0 aromatic rings. The van der Waals surface area contributed by atoms with Crippen molar-refractivity contribution in [1.82, 2.24) is 4.90 Å². The van der Waals surface area contributed by atoms with Crippen molar-refractivity contribution in [2.45, 2.75) is 98.7 Å². The van der Waals surface area contributed by atoms with Crippen LogP contribution in [0, 0.1) is 5.41 Å². The largest absolute Gasteiger partial charge is 0.461 e.